The van der Waals surface area contributed by atoms with E-state index < -0.39 is 0 Å². The minimum Gasteiger partial charge on any atom is -0.496 e. The molecular formula is C19H27ClIN5O2. The molecule has 1 aromatic heterocycles. The molecule has 0 spiro atoms. The van der Waals surface area contributed by atoms with Crippen molar-refractivity contribution in [1.29, 1.82) is 0 Å². The van der Waals surface area contributed by atoms with Crippen molar-refractivity contribution in [3.63, 3.8) is 0 Å². The number of halogens is 2. The number of guanidine groups is 1. The van der Waals surface area contributed by atoms with Crippen LogP contribution in [0.2, 0.25) is 5.02 Å². The molecule has 1 aliphatic rings. The molecule has 1 saturated heterocycles. The first kappa shape index (κ1) is 22.8. The first-order chi connectivity index (χ1) is 13.1. The summed E-state index contributed by atoms with van der Waals surface area (Å²) in [6.07, 6.45) is 3.84. The van der Waals surface area contributed by atoms with E-state index in [1.165, 1.54) is 0 Å². The number of aromatic nitrogens is 2. The van der Waals surface area contributed by atoms with Gasteiger partial charge in [-0.3, -0.25) is 4.68 Å². The van der Waals surface area contributed by atoms with Crippen molar-refractivity contribution in [2.45, 2.75) is 19.6 Å². The lowest BCUT2D eigenvalue weighted by molar-refractivity contribution is -0.00805. The Kier molecular flexibility index (Phi) is 8.84. The summed E-state index contributed by atoms with van der Waals surface area (Å²) in [5, 5.41) is 8.28. The smallest absolute Gasteiger partial charge is 0.194 e. The molecule has 3 rings (SSSR count). The van der Waals surface area contributed by atoms with E-state index in [1.807, 2.05) is 37.6 Å². The van der Waals surface area contributed by atoms with Gasteiger partial charge in [-0.15, -0.1) is 24.0 Å². The van der Waals surface area contributed by atoms with Gasteiger partial charge in [0.25, 0.3) is 0 Å². The Morgan fingerprint density at radius 1 is 1.46 bits per heavy atom. The maximum absolute atomic E-state index is 6.05. The summed E-state index contributed by atoms with van der Waals surface area (Å²) in [4.78, 5) is 7.04. The van der Waals surface area contributed by atoms with Gasteiger partial charge in [0.1, 0.15) is 11.9 Å². The van der Waals surface area contributed by atoms with Crippen molar-refractivity contribution < 1.29 is 9.47 Å². The van der Waals surface area contributed by atoms with Crippen molar-refractivity contribution in [3.8, 4) is 5.75 Å². The zero-order valence-electron chi connectivity index (χ0n) is 16.4. The lowest BCUT2D eigenvalue weighted by Crippen LogP contribution is -2.48. The number of ether oxygens (including phenoxy) is 2. The molecule has 2 aromatic rings. The summed E-state index contributed by atoms with van der Waals surface area (Å²) in [6.45, 7) is 5.55. The molecule has 1 aliphatic heterocycles. The van der Waals surface area contributed by atoms with Crippen LogP contribution in [0.25, 0.3) is 0 Å². The number of hydrogen-bond acceptors (Lipinski definition) is 4. The Morgan fingerprint density at radius 2 is 2.29 bits per heavy atom. The molecular weight excluding hydrogens is 493 g/mol. The number of rotatable bonds is 5. The maximum atomic E-state index is 6.05. The Balaban J connectivity index is 0.00000280. The van der Waals surface area contributed by atoms with E-state index in [4.69, 9.17) is 26.1 Å². The number of aryl methyl sites for hydroxylation is 1. The second-order valence-corrected chi connectivity index (χ2v) is 6.82. The van der Waals surface area contributed by atoms with Crippen LogP contribution in [0.4, 0.5) is 0 Å². The summed E-state index contributed by atoms with van der Waals surface area (Å²) in [5.74, 6) is 1.61. The fourth-order valence-corrected chi connectivity index (χ4v) is 3.25. The predicted molar refractivity (Wildman–Crippen MR) is 122 cm³/mol. The average molecular weight is 520 g/mol. The highest BCUT2D eigenvalue weighted by molar-refractivity contribution is 14.0. The zero-order chi connectivity index (χ0) is 19.2. The van der Waals surface area contributed by atoms with Crippen LogP contribution >= 0.6 is 35.6 Å². The fourth-order valence-electron chi connectivity index (χ4n) is 3.08. The minimum atomic E-state index is -0.0126. The monoisotopic (exact) mass is 519 g/mol. The molecule has 2 heterocycles. The Hall–Kier alpha value is -1.52. The van der Waals surface area contributed by atoms with Gasteiger partial charge >= 0.3 is 0 Å². The lowest BCUT2D eigenvalue weighted by Gasteiger charge is -2.34. The van der Waals surface area contributed by atoms with Gasteiger partial charge in [-0.05, 0) is 19.1 Å². The first-order valence-corrected chi connectivity index (χ1v) is 9.44. The molecule has 0 aliphatic carbocycles. The van der Waals surface area contributed by atoms with Gasteiger partial charge in [-0.2, -0.15) is 5.10 Å². The standard InChI is InChI=1S/C19H26ClN5O2.HI/c1-4-21-19(22-10-14-5-6-16(20)9-17(14)26-3)25-7-8-27-18(13-25)15-11-23-24(2)12-15;/h5-6,9,11-12,18H,4,7-8,10,13H2,1-3H3,(H,21,22);1H. The number of methoxy groups -OCH3 is 1. The maximum Gasteiger partial charge on any atom is 0.194 e. The normalized spacial score (nSPS) is 17.2. The van der Waals surface area contributed by atoms with E-state index in [0.29, 0.717) is 18.2 Å². The number of nitrogens with one attached hydrogen (secondary N) is 1. The SMILES string of the molecule is CCNC(=NCc1ccc(Cl)cc1OC)N1CCOC(c2cnn(C)c2)C1.I. The molecule has 1 fully saturated rings. The van der Waals surface area contributed by atoms with Gasteiger partial charge in [0.15, 0.2) is 5.96 Å². The highest BCUT2D eigenvalue weighted by Gasteiger charge is 2.25. The second kappa shape index (κ2) is 10.9. The van der Waals surface area contributed by atoms with Crippen LogP contribution in [0.5, 0.6) is 5.75 Å². The Morgan fingerprint density at radius 3 is 2.96 bits per heavy atom. The van der Waals surface area contributed by atoms with Crippen LogP contribution < -0.4 is 10.1 Å². The highest BCUT2D eigenvalue weighted by Crippen LogP contribution is 2.25. The molecule has 1 aromatic carbocycles. The average Bonchev–Trinajstić information content (AvgIpc) is 3.12. The second-order valence-electron chi connectivity index (χ2n) is 6.38. The van der Waals surface area contributed by atoms with Gasteiger partial charge in [0.05, 0.1) is 33.0 Å². The van der Waals surface area contributed by atoms with Crippen molar-refractivity contribution >= 4 is 41.5 Å². The third-order valence-electron chi connectivity index (χ3n) is 4.45. The molecule has 28 heavy (non-hydrogen) atoms. The number of nitrogens with zero attached hydrogens (tertiary/aromatic N) is 4. The van der Waals surface area contributed by atoms with Gasteiger partial charge in [0.2, 0.25) is 0 Å². The molecule has 7 nitrogen and oxygen atoms in total. The molecule has 9 heteroatoms. The molecule has 0 saturated carbocycles. The summed E-state index contributed by atoms with van der Waals surface area (Å²) < 4.78 is 13.2. The summed E-state index contributed by atoms with van der Waals surface area (Å²) in [5.41, 5.74) is 2.08. The quantitative estimate of drug-likeness (QED) is 0.373. The van der Waals surface area contributed by atoms with Crippen LogP contribution in [0.1, 0.15) is 24.2 Å². The summed E-state index contributed by atoms with van der Waals surface area (Å²) in [7, 11) is 3.56. The van der Waals surface area contributed by atoms with Crippen LogP contribution in [-0.4, -0.2) is 54.0 Å². The zero-order valence-corrected chi connectivity index (χ0v) is 19.5. The van der Waals surface area contributed by atoms with Crippen molar-refractivity contribution in [2.24, 2.45) is 12.0 Å². The van der Waals surface area contributed by atoms with E-state index in [1.54, 1.807) is 11.8 Å². The number of hydrogen-bond donors (Lipinski definition) is 1. The molecule has 1 atom stereocenters. The molecule has 154 valence electrons. The lowest BCUT2D eigenvalue weighted by atomic mass is 10.1. The highest BCUT2D eigenvalue weighted by atomic mass is 127. The summed E-state index contributed by atoms with van der Waals surface area (Å²) >= 11 is 6.05. The Bertz CT molecular complexity index is 798. The van der Waals surface area contributed by atoms with E-state index in [-0.39, 0.29) is 30.1 Å². The van der Waals surface area contributed by atoms with Gasteiger partial charge in [0, 0.05) is 42.5 Å². The predicted octanol–water partition coefficient (Wildman–Crippen LogP) is 3.24. The minimum absolute atomic E-state index is 0. The van der Waals surface area contributed by atoms with Gasteiger partial charge in [-0.1, -0.05) is 17.7 Å². The first-order valence-electron chi connectivity index (χ1n) is 9.06. The van der Waals surface area contributed by atoms with Crippen LogP contribution in [-0.2, 0) is 18.3 Å². The topological polar surface area (TPSA) is 63.9 Å². The van der Waals surface area contributed by atoms with E-state index in [0.717, 1.165) is 42.5 Å². The van der Waals surface area contributed by atoms with E-state index in [9.17, 15) is 0 Å². The van der Waals surface area contributed by atoms with Crippen LogP contribution in [0, 0.1) is 0 Å². The fraction of sp³-hybridized carbons (Fsp3) is 0.474. The number of morpholine rings is 1. The Labute approximate surface area is 188 Å². The third-order valence-corrected chi connectivity index (χ3v) is 4.68. The van der Waals surface area contributed by atoms with Crippen LogP contribution in [0.15, 0.2) is 35.6 Å². The molecule has 0 amide bonds. The van der Waals surface area contributed by atoms with E-state index >= 15 is 0 Å². The molecule has 0 bridgehead atoms. The van der Waals surface area contributed by atoms with Gasteiger partial charge < -0.3 is 19.7 Å². The number of benzene rings is 1. The van der Waals surface area contributed by atoms with E-state index in [2.05, 4.69) is 22.2 Å². The van der Waals surface area contributed by atoms with Crippen molar-refractivity contribution in [2.75, 3.05) is 33.4 Å². The summed E-state index contributed by atoms with van der Waals surface area (Å²) in [6, 6.07) is 5.62. The third kappa shape index (κ3) is 5.74. The largest absolute Gasteiger partial charge is 0.496 e. The van der Waals surface area contributed by atoms with Crippen LogP contribution in [0.3, 0.4) is 0 Å². The van der Waals surface area contributed by atoms with Crippen molar-refractivity contribution in [1.82, 2.24) is 20.0 Å². The van der Waals surface area contributed by atoms with Crippen molar-refractivity contribution in [3.05, 3.63) is 46.7 Å². The molecule has 1 unspecified atom stereocenters. The number of aliphatic imine (C=N–C) groups is 1. The van der Waals surface area contributed by atoms with Gasteiger partial charge in [-0.25, -0.2) is 4.99 Å². The molecule has 1 N–H and O–H groups in total. The molecule has 0 radical (unpaired) electrons.